The second kappa shape index (κ2) is 6.24. The SMILES string of the molecule is Cc1ccc(Br)c(NCc2ccc(Cl)cc2[N+](=O)[O-])c1. The molecule has 0 saturated heterocycles. The summed E-state index contributed by atoms with van der Waals surface area (Å²) in [7, 11) is 0. The molecule has 0 atom stereocenters. The Kier molecular flexibility index (Phi) is 4.62. The van der Waals surface area contributed by atoms with Gasteiger partial charge in [0.1, 0.15) is 0 Å². The Hall–Kier alpha value is -1.59. The minimum absolute atomic E-state index is 0.0220. The molecule has 0 unspecified atom stereocenters. The van der Waals surface area contributed by atoms with E-state index in [0.29, 0.717) is 17.1 Å². The van der Waals surface area contributed by atoms with E-state index in [4.69, 9.17) is 11.6 Å². The Morgan fingerprint density at radius 1 is 1.30 bits per heavy atom. The third-order valence-corrected chi connectivity index (χ3v) is 3.76. The van der Waals surface area contributed by atoms with Crippen LogP contribution < -0.4 is 5.32 Å². The highest BCUT2D eigenvalue weighted by atomic mass is 79.9. The molecule has 0 aliphatic rings. The molecular formula is C14H12BrClN2O2. The van der Waals surface area contributed by atoms with Crippen LogP contribution in [0.4, 0.5) is 11.4 Å². The van der Waals surface area contributed by atoms with E-state index in [1.807, 2.05) is 25.1 Å². The van der Waals surface area contributed by atoms with Crippen molar-refractivity contribution in [1.29, 1.82) is 0 Å². The second-order valence-corrected chi connectivity index (χ2v) is 5.66. The molecule has 1 N–H and O–H groups in total. The van der Waals surface area contributed by atoms with Gasteiger partial charge in [-0.05, 0) is 52.7 Å². The molecule has 0 saturated carbocycles. The van der Waals surface area contributed by atoms with Crippen molar-refractivity contribution in [3.8, 4) is 0 Å². The van der Waals surface area contributed by atoms with E-state index in [9.17, 15) is 10.1 Å². The van der Waals surface area contributed by atoms with Gasteiger partial charge in [0.25, 0.3) is 5.69 Å². The smallest absolute Gasteiger partial charge is 0.275 e. The highest BCUT2D eigenvalue weighted by Crippen LogP contribution is 2.27. The van der Waals surface area contributed by atoms with Crippen LogP contribution in [0.5, 0.6) is 0 Å². The van der Waals surface area contributed by atoms with Crippen LogP contribution in [0.15, 0.2) is 40.9 Å². The lowest BCUT2D eigenvalue weighted by Crippen LogP contribution is -2.03. The van der Waals surface area contributed by atoms with Crippen LogP contribution in [0.2, 0.25) is 5.02 Å². The van der Waals surface area contributed by atoms with Crippen molar-refractivity contribution in [2.75, 3.05) is 5.32 Å². The first kappa shape index (κ1) is 14.8. The van der Waals surface area contributed by atoms with Crippen molar-refractivity contribution < 1.29 is 4.92 Å². The average Bonchev–Trinajstić information content (AvgIpc) is 2.40. The average molecular weight is 356 g/mol. The molecule has 0 aromatic heterocycles. The van der Waals surface area contributed by atoms with Crippen molar-refractivity contribution >= 4 is 38.9 Å². The van der Waals surface area contributed by atoms with E-state index in [2.05, 4.69) is 21.2 Å². The zero-order chi connectivity index (χ0) is 14.7. The van der Waals surface area contributed by atoms with Gasteiger partial charge in [-0.25, -0.2) is 0 Å². The monoisotopic (exact) mass is 354 g/mol. The van der Waals surface area contributed by atoms with Gasteiger partial charge in [0, 0.05) is 33.4 Å². The normalized spacial score (nSPS) is 10.3. The summed E-state index contributed by atoms with van der Waals surface area (Å²) >= 11 is 9.24. The fourth-order valence-electron chi connectivity index (χ4n) is 1.82. The number of hydrogen-bond donors (Lipinski definition) is 1. The Balaban J connectivity index is 2.23. The zero-order valence-electron chi connectivity index (χ0n) is 10.7. The van der Waals surface area contributed by atoms with Gasteiger partial charge >= 0.3 is 0 Å². The first-order chi connectivity index (χ1) is 9.47. The van der Waals surface area contributed by atoms with Gasteiger partial charge in [0.05, 0.1) is 4.92 Å². The number of nitrogens with zero attached hydrogens (tertiary/aromatic N) is 1. The Morgan fingerprint density at radius 3 is 2.75 bits per heavy atom. The van der Waals surface area contributed by atoms with E-state index in [1.54, 1.807) is 12.1 Å². The van der Waals surface area contributed by atoms with Crippen molar-refractivity contribution in [3.63, 3.8) is 0 Å². The predicted octanol–water partition coefficient (Wildman–Crippen LogP) is 4.93. The molecule has 6 heteroatoms. The fourth-order valence-corrected chi connectivity index (χ4v) is 2.37. The second-order valence-electron chi connectivity index (χ2n) is 4.37. The number of halogens is 2. The Bertz CT molecular complexity index is 662. The first-order valence-corrected chi connectivity index (χ1v) is 7.07. The number of nitrogens with one attached hydrogen (secondary N) is 1. The molecular weight excluding hydrogens is 344 g/mol. The van der Waals surface area contributed by atoms with Crippen molar-refractivity contribution in [2.45, 2.75) is 13.5 Å². The summed E-state index contributed by atoms with van der Waals surface area (Å²) in [6.07, 6.45) is 0. The highest BCUT2D eigenvalue weighted by molar-refractivity contribution is 9.10. The lowest BCUT2D eigenvalue weighted by molar-refractivity contribution is -0.385. The molecule has 4 nitrogen and oxygen atoms in total. The highest BCUT2D eigenvalue weighted by Gasteiger charge is 2.14. The molecule has 0 amide bonds. The minimum Gasteiger partial charge on any atom is -0.380 e. The first-order valence-electron chi connectivity index (χ1n) is 5.90. The maximum atomic E-state index is 11.0. The van der Waals surface area contributed by atoms with Crippen LogP contribution in [-0.2, 0) is 6.54 Å². The number of aryl methyl sites for hydroxylation is 1. The third kappa shape index (κ3) is 3.49. The van der Waals surface area contributed by atoms with Crippen LogP contribution in [0.3, 0.4) is 0 Å². The van der Waals surface area contributed by atoms with Crippen molar-refractivity contribution in [1.82, 2.24) is 0 Å². The summed E-state index contributed by atoms with van der Waals surface area (Å²) in [4.78, 5) is 10.6. The van der Waals surface area contributed by atoms with Gasteiger partial charge in [0.2, 0.25) is 0 Å². The lowest BCUT2D eigenvalue weighted by Gasteiger charge is -2.10. The largest absolute Gasteiger partial charge is 0.380 e. The number of anilines is 1. The number of rotatable bonds is 4. The van der Waals surface area contributed by atoms with Crippen LogP contribution in [0.1, 0.15) is 11.1 Å². The van der Waals surface area contributed by atoms with E-state index < -0.39 is 4.92 Å². The van der Waals surface area contributed by atoms with Crippen LogP contribution in [-0.4, -0.2) is 4.92 Å². The topological polar surface area (TPSA) is 55.2 Å². The molecule has 0 fully saturated rings. The maximum Gasteiger partial charge on any atom is 0.275 e. The Labute approximate surface area is 130 Å². The summed E-state index contributed by atoms with van der Waals surface area (Å²) in [6.45, 7) is 2.35. The molecule has 104 valence electrons. The number of nitro benzene ring substituents is 1. The summed E-state index contributed by atoms with van der Waals surface area (Å²) in [5, 5.41) is 14.6. The molecule has 2 aromatic carbocycles. The molecule has 0 aliphatic carbocycles. The molecule has 0 spiro atoms. The van der Waals surface area contributed by atoms with Crippen LogP contribution >= 0.6 is 27.5 Å². The number of nitro groups is 1. The molecule has 0 aliphatic heterocycles. The van der Waals surface area contributed by atoms with Crippen LogP contribution in [0, 0.1) is 17.0 Å². The summed E-state index contributed by atoms with van der Waals surface area (Å²) < 4.78 is 0.916. The molecule has 0 heterocycles. The molecule has 0 bridgehead atoms. The zero-order valence-corrected chi connectivity index (χ0v) is 13.0. The van der Waals surface area contributed by atoms with Gasteiger partial charge in [-0.15, -0.1) is 0 Å². The maximum absolute atomic E-state index is 11.0. The van der Waals surface area contributed by atoms with E-state index in [1.165, 1.54) is 6.07 Å². The van der Waals surface area contributed by atoms with Gasteiger partial charge in [-0.1, -0.05) is 17.7 Å². The van der Waals surface area contributed by atoms with E-state index >= 15 is 0 Å². The minimum atomic E-state index is -0.422. The van der Waals surface area contributed by atoms with E-state index in [0.717, 1.165) is 15.7 Å². The van der Waals surface area contributed by atoms with E-state index in [-0.39, 0.29) is 5.69 Å². The molecule has 0 radical (unpaired) electrons. The summed E-state index contributed by atoms with van der Waals surface area (Å²) in [5.74, 6) is 0. The lowest BCUT2D eigenvalue weighted by atomic mass is 10.1. The van der Waals surface area contributed by atoms with Crippen molar-refractivity contribution in [2.24, 2.45) is 0 Å². The fraction of sp³-hybridized carbons (Fsp3) is 0.143. The summed E-state index contributed by atoms with van der Waals surface area (Å²) in [6, 6.07) is 10.6. The van der Waals surface area contributed by atoms with Crippen LogP contribution in [0.25, 0.3) is 0 Å². The number of hydrogen-bond acceptors (Lipinski definition) is 3. The number of benzene rings is 2. The molecule has 20 heavy (non-hydrogen) atoms. The van der Waals surface area contributed by atoms with Gasteiger partial charge < -0.3 is 5.32 Å². The molecule has 2 rings (SSSR count). The van der Waals surface area contributed by atoms with Crippen molar-refractivity contribution in [3.05, 3.63) is 67.1 Å². The third-order valence-electron chi connectivity index (χ3n) is 2.84. The van der Waals surface area contributed by atoms with Gasteiger partial charge in [-0.3, -0.25) is 10.1 Å². The predicted molar refractivity (Wildman–Crippen MR) is 84.3 cm³/mol. The van der Waals surface area contributed by atoms with Gasteiger partial charge in [-0.2, -0.15) is 0 Å². The standard InChI is InChI=1S/C14H12BrClN2O2/c1-9-2-5-12(15)13(6-9)17-8-10-3-4-11(16)7-14(10)18(19)20/h2-7,17H,8H2,1H3. The quantitative estimate of drug-likeness (QED) is 0.625. The summed E-state index contributed by atoms with van der Waals surface area (Å²) in [5.41, 5.74) is 2.62. The molecule has 2 aromatic rings. The Morgan fingerprint density at radius 2 is 2.05 bits per heavy atom. The van der Waals surface area contributed by atoms with Gasteiger partial charge in [0.15, 0.2) is 0 Å².